The van der Waals surface area contributed by atoms with Crippen LogP contribution in [0.3, 0.4) is 0 Å². The van der Waals surface area contributed by atoms with Gasteiger partial charge in [0.25, 0.3) is 0 Å². The van der Waals surface area contributed by atoms with Gasteiger partial charge in [0.05, 0.1) is 0 Å². The molecule has 0 radical (unpaired) electrons. The van der Waals surface area contributed by atoms with E-state index in [0.29, 0.717) is 12.3 Å². The van der Waals surface area contributed by atoms with E-state index in [1.807, 2.05) is 7.05 Å². The highest BCUT2D eigenvalue weighted by atomic mass is 16.5. The minimum atomic E-state index is 0.286. The Morgan fingerprint density at radius 3 is 2.54 bits per heavy atom. The first-order valence-corrected chi connectivity index (χ1v) is 9.25. The molecule has 140 valence electrons. The molecule has 0 atom stereocenters. The second-order valence-electron chi connectivity index (χ2n) is 6.73. The Kier molecular flexibility index (Phi) is 6.09. The van der Waals surface area contributed by atoms with Crippen LogP contribution in [0.15, 0.2) is 39.8 Å². The lowest BCUT2D eigenvalue weighted by atomic mass is 10.2. The molecule has 0 aliphatic carbocycles. The zero-order valence-corrected chi connectivity index (χ0v) is 15.9. The van der Waals surface area contributed by atoms with Crippen LogP contribution in [0.2, 0.25) is 0 Å². The van der Waals surface area contributed by atoms with Crippen molar-refractivity contribution in [2.45, 2.75) is 26.2 Å². The molecule has 2 heterocycles. The highest BCUT2D eigenvalue weighted by Gasteiger charge is 2.19. The summed E-state index contributed by atoms with van der Waals surface area (Å²) in [6.07, 6.45) is 0.697. The van der Waals surface area contributed by atoms with Crippen LogP contribution in [0, 0.1) is 0 Å². The number of nitrogens with one attached hydrogen (secondary N) is 1. The number of guanidine groups is 1. The molecule has 26 heavy (non-hydrogen) atoms. The van der Waals surface area contributed by atoms with Crippen molar-refractivity contribution in [2.75, 3.05) is 44.7 Å². The summed E-state index contributed by atoms with van der Waals surface area (Å²) in [5.74, 6) is 2.66. The van der Waals surface area contributed by atoms with Gasteiger partial charge in [0.2, 0.25) is 5.89 Å². The van der Waals surface area contributed by atoms with Crippen molar-refractivity contribution in [1.29, 1.82) is 0 Å². The van der Waals surface area contributed by atoms with Gasteiger partial charge < -0.3 is 19.6 Å². The normalized spacial score (nSPS) is 15.6. The molecule has 0 unspecified atom stereocenters. The van der Waals surface area contributed by atoms with Crippen LogP contribution < -0.4 is 10.2 Å². The number of hydrogen-bond acceptors (Lipinski definition) is 5. The van der Waals surface area contributed by atoms with Gasteiger partial charge in [-0.3, -0.25) is 4.99 Å². The number of aromatic nitrogens is 2. The summed E-state index contributed by atoms with van der Waals surface area (Å²) in [6, 6.07) is 10.6. The summed E-state index contributed by atoms with van der Waals surface area (Å²) in [7, 11) is 1.83. The van der Waals surface area contributed by atoms with Crippen LogP contribution in [-0.2, 0) is 6.42 Å². The first kappa shape index (κ1) is 18.2. The van der Waals surface area contributed by atoms with Gasteiger partial charge in [-0.1, -0.05) is 37.2 Å². The van der Waals surface area contributed by atoms with Crippen molar-refractivity contribution in [3.8, 4) is 0 Å². The predicted molar refractivity (Wildman–Crippen MR) is 104 cm³/mol. The number of benzene rings is 1. The minimum absolute atomic E-state index is 0.286. The first-order chi connectivity index (χ1) is 12.7. The van der Waals surface area contributed by atoms with Gasteiger partial charge in [0.15, 0.2) is 11.8 Å². The Labute approximate surface area is 155 Å². The third-order valence-electron chi connectivity index (χ3n) is 4.53. The Morgan fingerprint density at radius 1 is 1.19 bits per heavy atom. The van der Waals surface area contributed by atoms with Gasteiger partial charge in [-0.15, -0.1) is 0 Å². The lowest BCUT2D eigenvalue weighted by Gasteiger charge is -2.37. The van der Waals surface area contributed by atoms with Gasteiger partial charge in [0, 0.05) is 57.8 Å². The van der Waals surface area contributed by atoms with Crippen LogP contribution in [0.4, 0.5) is 5.69 Å². The number of hydrogen-bond donors (Lipinski definition) is 1. The number of rotatable bonds is 5. The summed E-state index contributed by atoms with van der Waals surface area (Å²) in [4.78, 5) is 13.5. The number of piperazine rings is 1. The summed E-state index contributed by atoms with van der Waals surface area (Å²) in [5, 5.41) is 7.41. The molecule has 1 aliphatic rings. The Morgan fingerprint density at radius 2 is 1.92 bits per heavy atom. The topological polar surface area (TPSA) is 69.8 Å². The standard InChI is InChI=1S/C19H28N6O/c1-15(2)18-22-17(26-23-18)9-10-21-19(20-3)25-13-11-24(12-14-25)16-7-5-4-6-8-16/h4-8,15H,9-14H2,1-3H3,(H,20,21). The van der Waals surface area contributed by atoms with Crippen LogP contribution in [0.5, 0.6) is 0 Å². The maximum Gasteiger partial charge on any atom is 0.228 e. The lowest BCUT2D eigenvalue weighted by molar-refractivity contribution is 0.362. The molecule has 7 heteroatoms. The Hall–Kier alpha value is -2.57. The van der Waals surface area contributed by atoms with E-state index in [-0.39, 0.29) is 5.92 Å². The molecule has 1 aromatic heterocycles. The summed E-state index contributed by atoms with van der Waals surface area (Å²) in [5.41, 5.74) is 1.28. The molecule has 1 N–H and O–H groups in total. The second-order valence-corrected chi connectivity index (χ2v) is 6.73. The van der Waals surface area contributed by atoms with Crippen molar-refractivity contribution < 1.29 is 4.52 Å². The Bertz CT molecular complexity index is 704. The average molecular weight is 356 g/mol. The van der Waals surface area contributed by atoms with Crippen molar-refractivity contribution in [3.05, 3.63) is 42.0 Å². The summed E-state index contributed by atoms with van der Waals surface area (Å²) in [6.45, 7) is 8.73. The highest BCUT2D eigenvalue weighted by molar-refractivity contribution is 5.80. The van der Waals surface area contributed by atoms with Gasteiger partial charge in [-0.05, 0) is 12.1 Å². The second kappa shape index (κ2) is 8.69. The van der Waals surface area contributed by atoms with E-state index >= 15 is 0 Å². The fraction of sp³-hybridized carbons (Fsp3) is 0.526. The summed E-state index contributed by atoms with van der Waals surface area (Å²) < 4.78 is 5.29. The molecule has 0 bridgehead atoms. The largest absolute Gasteiger partial charge is 0.368 e. The molecule has 1 aliphatic heterocycles. The van der Waals surface area contributed by atoms with Crippen LogP contribution in [0.25, 0.3) is 0 Å². The molecule has 0 spiro atoms. The van der Waals surface area contributed by atoms with E-state index in [1.54, 1.807) is 0 Å². The van der Waals surface area contributed by atoms with E-state index in [0.717, 1.165) is 44.5 Å². The highest BCUT2D eigenvalue weighted by Crippen LogP contribution is 2.15. The van der Waals surface area contributed by atoms with E-state index in [1.165, 1.54) is 5.69 Å². The molecule has 1 fully saturated rings. The van der Waals surface area contributed by atoms with Gasteiger partial charge in [-0.2, -0.15) is 4.98 Å². The monoisotopic (exact) mass is 356 g/mol. The lowest BCUT2D eigenvalue weighted by Crippen LogP contribution is -2.52. The molecule has 2 aromatic rings. The minimum Gasteiger partial charge on any atom is -0.368 e. The molecule has 1 saturated heterocycles. The molecular weight excluding hydrogens is 328 g/mol. The van der Waals surface area contributed by atoms with Crippen molar-refractivity contribution in [1.82, 2.24) is 20.4 Å². The van der Waals surface area contributed by atoms with E-state index < -0.39 is 0 Å². The maximum absolute atomic E-state index is 5.29. The first-order valence-electron chi connectivity index (χ1n) is 9.25. The SMILES string of the molecule is CN=C(NCCc1nc(C(C)C)no1)N1CCN(c2ccccc2)CC1. The Balaban J connectivity index is 1.46. The quantitative estimate of drug-likeness (QED) is 0.654. The number of anilines is 1. The zero-order valence-electron chi connectivity index (χ0n) is 15.9. The molecule has 7 nitrogen and oxygen atoms in total. The molecule has 0 amide bonds. The van der Waals surface area contributed by atoms with Crippen molar-refractivity contribution in [2.24, 2.45) is 4.99 Å². The van der Waals surface area contributed by atoms with Crippen LogP contribution >= 0.6 is 0 Å². The summed E-state index contributed by atoms with van der Waals surface area (Å²) >= 11 is 0. The number of para-hydroxylation sites is 1. The van der Waals surface area contributed by atoms with Crippen LogP contribution in [0.1, 0.15) is 31.5 Å². The zero-order chi connectivity index (χ0) is 18.4. The van der Waals surface area contributed by atoms with Crippen LogP contribution in [-0.4, -0.2) is 60.8 Å². The average Bonchev–Trinajstić information content (AvgIpc) is 3.15. The maximum atomic E-state index is 5.29. The van der Waals surface area contributed by atoms with Gasteiger partial charge >= 0.3 is 0 Å². The molecule has 0 saturated carbocycles. The number of aliphatic imine (C=N–C) groups is 1. The fourth-order valence-electron chi connectivity index (χ4n) is 3.03. The van der Waals surface area contributed by atoms with E-state index in [4.69, 9.17) is 4.52 Å². The molecular formula is C19H28N6O. The van der Waals surface area contributed by atoms with Gasteiger partial charge in [-0.25, -0.2) is 0 Å². The smallest absolute Gasteiger partial charge is 0.228 e. The van der Waals surface area contributed by atoms with E-state index in [2.05, 4.69) is 74.4 Å². The molecule has 1 aromatic carbocycles. The van der Waals surface area contributed by atoms with Crippen molar-refractivity contribution >= 4 is 11.6 Å². The molecule has 3 rings (SSSR count). The van der Waals surface area contributed by atoms with Crippen molar-refractivity contribution in [3.63, 3.8) is 0 Å². The van der Waals surface area contributed by atoms with E-state index in [9.17, 15) is 0 Å². The number of nitrogens with zero attached hydrogens (tertiary/aromatic N) is 5. The van der Waals surface area contributed by atoms with Gasteiger partial charge in [0.1, 0.15) is 0 Å². The third-order valence-corrected chi connectivity index (χ3v) is 4.53. The fourth-order valence-corrected chi connectivity index (χ4v) is 3.03. The third kappa shape index (κ3) is 4.53. The predicted octanol–water partition coefficient (Wildman–Crippen LogP) is 2.13.